The first-order valence-corrected chi connectivity index (χ1v) is 39.8. The zero-order chi connectivity index (χ0) is 85.3. The molecule has 0 bridgehead atoms. The van der Waals surface area contributed by atoms with Gasteiger partial charge in [0.1, 0.15) is 70.5 Å². The number of ether oxygens (including phenoxy) is 2. The van der Waals surface area contributed by atoms with Gasteiger partial charge in [-0.05, 0) is 146 Å². The number of alkyl halides is 3. The second-order valence-corrected chi connectivity index (χ2v) is 31.4. The van der Waals surface area contributed by atoms with Crippen molar-refractivity contribution in [1.29, 1.82) is 0 Å². The van der Waals surface area contributed by atoms with Crippen molar-refractivity contribution in [2.24, 2.45) is 15.7 Å². The van der Waals surface area contributed by atoms with E-state index in [0.717, 1.165) is 88.1 Å². The summed E-state index contributed by atoms with van der Waals surface area (Å²) in [4.78, 5) is 172. The number of Topliss-reactive ketones (excluding diaryl/α,β-unsaturated/α-hetero) is 2. The van der Waals surface area contributed by atoms with E-state index in [1.807, 2.05) is 71.5 Å². The van der Waals surface area contributed by atoms with E-state index in [2.05, 4.69) is 64.0 Å². The molecule has 2 unspecified atom stereocenters. The van der Waals surface area contributed by atoms with Crippen LogP contribution in [0, 0.1) is 41.5 Å². The summed E-state index contributed by atoms with van der Waals surface area (Å²) in [5, 5.41) is 44.3. The number of nitrogens with one attached hydrogen (secondary N) is 3. The largest absolute Gasteiger partial charge is 0.490 e. The van der Waals surface area contributed by atoms with Crippen LogP contribution >= 0.6 is 45.9 Å². The normalized spacial score (nSPS) is 17.1. The number of unbranched alkanes of at least 4 members (excludes halogenated alkanes) is 4. The second-order valence-electron chi connectivity index (χ2n) is 28.1. The van der Waals surface area contributed by atoms with Gasteiger partial charge in [0.25, 0.3) is 23.6 Å². The molecule has 2 saturated heterocycles. The number of carboxylic acid groups (broad SMARTS) is 2. The summed E-state index contributed by atoms with van der Waals surface area (Å²) >= 11 is 15.6. The van der Waals surface area contributed by atoms with E-state index in [0.29, 0.717) is 72.7 Å². The van der Waals surface area contributed by atoms with Crippen LogP contribution in [0.5, 0.6) is 11.5 Å². The number of piperidine rings is 2. The summed E-state index contributed by atoms with van der Waals surface area (Å²) in [7, 11) is 0. The van der Waals surface area contributed by atoms with E-state index in [4.69, 9.17) is 58.3 Å². The van der Waals surface area contributed by atoms with E-state index in [-0.39, 0.29) is 109 Å². The monoisotopic (exact) mass is 1700 g/mol. The van der Waals surface area contributed by atoms with E-state index < -0.39 is 89.5 Å². The highest BCUT2D eigenvalue weighted by Gasteiger charge is 2.48. The SMILES string of the molecule is Cc1sc2c(c1C)C(c1ccc(Cl)cc1)=N[C@@H](CC(=O)O)c1nnc(C)n1-2.Cc1sc2c(c1C)C(c1ccc(Cl)cc1)=N[C@H](CC(=O)NCCCCCC(=O)COc1cccc3c1C(=O)N(C1CCC(=O)NC1=O)C3=O)c1nnc(C)n1-2.NCCCCCC(=O)COc1cccc2c1C(=O)N(C1CCC(=O)NC1=O)C2=O.O=C(O)C(F)(F)F. The fourth-order valence-electron chi connectivity index (χ4n) is 13.8. The molecule has 10 heterocycles. The van der Waals surface area contributed by atoms with E-state index in [1.54, 1.807) is 34.8 Å². The fraction of sp³-hybridized carbons (Fsp3) is 0.362. The van der Waals surface area contributed by atoms with Crippen molar-refractivity contribution < 1.29 is 95.2 Å². The third-order valence-corrected chi connectivity index (χ3v) is 22.8. The Balaban J connectivity index is 0.000000181. The third kappa shape index (κ3) is 19.4. The van der Waals surface area contributed by atoms with Gasteiger partial charge in [-0.3, -0.25) is 97.1 Å². The Hall–Kier alpha value is -11.9. The first-order chi connectivity index (χ1) is 56.2. The topological polar surface area (TPSA) is 436 Å². The Morgan fingerprint density at radius 3 is 1.35 bits per heavy atom. The maximum Gasteiger partial charge on any atom is 0.490 e. The zero-order valence-corrected chi connectivity index (χ0v) is 67.5. The average Bonchev–Trinajstić information content (AvgIpc) is 1.56. The molecule has 38 heteroatoms. The van der Waals surface area contributed by atoms with Crippen molar-refractivity contribution in [3.05, 3.63) is 184 Å². The number of carbonyl (C=O) groups excluding carboxylic acids is 11. The van der Waals surface area contributed by atoms with Crippen LogP contribution in [0.15, 0.2) is 94.9 Å². The molecule has 2 fully saturated rings. The minimum atomic E-state index is -5.08. The fourth-order valence-corrected chi connectivity index (χ4v) is 16.5. The number of aryl methyl sites for hydroxylation is 4. The number of amides is 9. The lowest BCUT2D eigenvalue weighted by atomic mass is 9.99. The molecule has 31 nitrogen and oxygen atoms in total. The van der Waals surface area contributed by atoms with Crippen molar-refractivity contribution in [1.82, 2.24) is 55.3 Å². The van der Waals surface area contributed by atoms with Gasteiger partial charge < -0.3 is 30.7 Å². The number of carbonyl (C=O) groups is 13. The van der Waals surface area contributed by atoms with Crippen LogP contribution < -0.4 is 31.2 Å². The van der Waals surface area contributed by atoms with Crippen LogP contribution in [-0.2, 0) is 43.2 Å². The molecule has 618 valence electrons. The summed E-state index contributed by atoms with van der Waals surface area (Å²) in [5.41, 5.74) is 13.2. The lowest BCUT2D eigenvalue weighted by Crippen LogP contribution is -2.54. The Bertz CT molecular complexity index is 5420. The summed E-state index contributed by atoms with van der Waals surface area (Å²) in [6.07, 6.45) is -0.105. The third-order valence-electron chi connectivity index (χ3n) is 20.0. The van der Waals surface area contributed by atoms with Crippen molar-refractivity contribution in [3.63, 3.8) is 0 Å². The number of aliphatic imine (C=N–C) groups is 2. The van der Waals surface area contributed by atoms with Gasteiger partial charge in [-0.25, -0.2) is 4.79 Å². The van der Waals surface area contributed by atoms with Crippen molar-refractivity contribution in [2.75, 3.05) is 26.3 Å². The zero-order valence-electron chi connectivity index (χ0n) is 64.4. The first-order valence-electron chi connectivity index (χ1n) is 37.4. The minimum Gasteiger partial charge on any atom is -0.485 e. The van der Waals surface area contributed by atoms with E-state index >= 15 is 0 Å². The molecule has 4 aromatic heterocycles. The number of rotatable bonds is 25. The van der Waals surface area contributed by atoms with Crippen LogP contribution in [0.25, 0.3) is 10.0 Å². The van der Waals surface area contributed by atoms with Gasteiger partial charge in [0.15, 0.2) is 23.2 Å². The van der Waals surface area contributed by atoms with Crippen molar-refractivity contribution >= 4 is 134 Å². The van der Waals surface area contributed by atoms with Crippen LogP contribution in [0.3, 0.4) is 0 Å². The summed E-state index contributed by atoms with van der Waals surface area (Å²) in [5.74, 6) is -6.27. The molecule has 0 radical (unpaired) electrons. The highest BCUT2D eigenvalue weighted by Crippen LogP contribution is 2.43. The number of aliphatic carboxylic acids is 2. The average molecular weight is 1700 g/mol. The Morgan fingerprint density at radius 2 is 0.958 bits per heavy atom. The molecular weight excluding hydrogens is 1620 g/mol. The quantitative estimate of drug-likeness (QED) is 0.0229. The molecule has 4 atom stereocenters. The molecule has 6 aliphatic heterocycles. The molecule has 14 rings (SSSR count). The lowest BCUT2D eigenvalue weighted by Gasteiger charge is -2.27. The number of aromatic nitrogens is 6. The molecule has 118 heavy (non-hydrogen) atoms. The molecule has 0 spiro atoms. The smallest absolute Gasteiger partial charge is 0.485 e. The molecule has 9 amide bonds. The van der Waals surface area contributed by atoms with Gasteiger partial charge in [0.2, 0.25) is 29.5 Å². The number of nitrogens with two attached hydrogens (primary N) is 1. The molecular formula is C80H79Cl2F3N14O17S2. The number of nitrogens with zero attached hydrogens (tertiary/aromatic N) is 10. The Morgan fingerprint density at radius 1 is 0.551 bits per heavy atom. The van der Waals surface area contributed by atoms with E-state index in [1.165, 1.54) is 29.1 Å². The predicted molar refractivity (Wildman–Crippen MR) is 423 cm³/mol. The molecule has 7 N–H and O–H groups in total. The van der Waals surface area contributed by atoms with Crippen molar-refractivity contribution in [2.45, 2.75) is 162 Å². The van der Waals surface area contributed by atoms with E-state index in [9.17, 15) is 75.8 Å². The number of fused-ring (bicyclic) bond motifs is 8. The number of hydrogen-bond acceptors (Lipinski definition) is 24. The predicted octanol–water partition coefficient (Wildman–Crippen LogP) is 10.4. The highest BCUT2D eigenvalue weighted by molar-refractivity contribution is 7.15. The Kier molecular flexibility index (Phi) is 27.7. The summed E-state index contributed by atoms with van der Waals surface area (Å²) < 4.78 is 46.9. The highest BCUT2D eigenvalue weighted by atomic mass is 35.5. The number of thiophene rings is 2. The van der Waals surface area contributed by atoms with Gasteiger partial charge in [-0.15, -0.1) is 43.1 Å². The summed E-state index contributed by atoms with van der Waals surface area (Å²) in [6.45, 7) is 12.5. The second kappa shape index (κ2) is 37.6. The van der Waals surface area contributed by atoms with Crippen LogP contribution in [-0.4, -0.2) is 182 Å². The molecule has 0 aliphatic carbocycles. The molecule has 8 aromatic rings. The summed E-state index contributed by atoms with van der Waals surface area (Å²) in [6, 6.07) is 20.7. The van der Waals surface area contributed by atoms with Crippen LogP contribution in [0.4, 0.5) is 13.2 Å². The number of imide groups is 4. The lowest BCUT2D eigenvalue weighted by molar-refractivity contribution is -0.192. The van der Waals surface area contributed by atoms with Gasteiger partial charge in [0, 0.05) is 74.3 Å². The molecule has 6 aliphatic rings. The number of hydrogen-bond donors (Lipinski definition) is 6. The maximum absolute atomic E-state index is 13.3. The van der Waals surface area contributed by atoms with Crippen LogP contribution in [0.2, 0.25) is 10.0 Å². The van der Waals surface area contributed by atoms with Gasteiger partial charge in [0.05, 0.1) is 46.5 Å². The van der Waals surface area contributed by atoms with Gasteiger partial charge in [-0.2, -0.15) is 13.2 Å². The number of ketones is 2. The van der Waals surface area contributed by atoms with Crippen molar-refractivity contribution in [3.8, 4) is 21.5 Å². The number of carboxylic acids is 2. The van der Waals surface area contributed by atoms with Gasteiger partial charge >= 0.3 is 18.1 Å². The van der Waals surface area contributed by atoms with Gasteiger partial charge in [-0.1, -0.05) is 72.4 Å². The standard InChI is InChI=1S/C39H38ClN7O7S.C20H23N3O6.C19H17ClN4O2S.C2HF3O2/c1-20-21(2)55-39-32(20)34(23-11-13-24(40)14-12-23)42-27(35-45-44-22(3)46(35)39)18-31(50)41-17-6-4-5-8-25(48)19-54-29-10-7-9-26-33(29)38(53)47(37(26)52)28-15-16-30(49)43-36(28)51;21-10-3-1-2-5-12(24)11-29-15-7-4-6-13-17(15)20(28)23(19(13)27)14-8-9-16(25)22-18(14)26;1-9-10(2)27-19-16(9)17(12-4-6-13(20)7-5-12)21-14(8-15(25)26)18-23-22-11(3)24(18)19;3-2(4,5)1(6)7/h7,9-14,27-28H,4-6,8,15-19H2,1-3H3,(H,41,50)(H,43,49,51);4,6-7,14H,1-3,5,8-11,21H2,(H,22,25,26);4-7,14H,8H2,1-3H3,(H,25,26);(H,6,7)/t27-,28?;;14-;/m1.0./s1. The molecule has 4 aromatic carbocycles. The molecule has 0 saturated carbocycles. The Labute approximate surface area is 689 Å². The number of halogens is 5. The number of benzene rings is 4. The first kappa shape index (κ1) is 87.0. The van der Waals surface area contributed by atoms with Crippen LogP contribution in [0.1, 0.15) is 210 Å². The minimum absolute atomic E-state index is 0.00633. The maximum atomic E-state index is 13.3.